The summed E-state index contributed by atoms with van der Waals surface area (Å²) in [5.74, 6) is 1.38. The van der Waals surface area contributed by atoms with Crippen LogP contribution in [0, 0.1) is 0 Å². The fourth-order valence-corrected chi connectivity index (χ4v) is 1.58. The van der Waals surface area contributed by atoms with Gasteiger partial charge in [0, 0.05) is 12.3 Å². The monoisotopic (exact) mass is 362 g/mol. The van der Waals surface area contributed by atoms with E-state index >= 15 is 0 Å². The normalized spacial score (nSPS) is 17.0. The summed E-state index contributed by atoms with van der Waals surface area (Å²) in [6, 6.07) is 0. The Morgan fingerprint density at radius 3 is 2.10 bits per heavy atom. The lowest BCUT2D eigenvalue weighted by molar-refractivity contribution is -0.116. The smallest absolute Gasteiger partial charge is 0.147 e. The minimum atomic E-state index is -0.281. The second-order valence-corrected chi connectivity index (χ2v) is 5.72. The van der Waals surface area contributed by atoms with Crippen molar-refractivity contribution >= 4 is 40.6 Å². The third-order valence-corrected chi connectivity index (χ3v) is 3.60. The Morgan fingerprint density at radius 2 is 1.81 bits per heavy atom. The molecule has 0 aromatic heterocycles. The van der Waals surface area contributed by atoms with Crippen LogP contribution in [0.1, 0.15) is 52.4 Å². The maximum Gasteiger partial charge on any atom is 0.147 e. The average molecular weight is 364 g/mol. The summed E-state index contributed by atoms with van der Waals surface area (Å²) in [6.07, 6.45) is 5.88. The van der Waals surface area contributed by atoms with E-state index in [4.69, 9.17) is 44.6 Å². The molecule has 1 fully saturated rings. The number of unbranched alkanes of at least 4 members (excludes halogenated alkanes) is 2. The van der Waals surface area contributed by atoms with Crippen LogP contribution >= 0.6 is 34.8 Å². The van der Waals surface area contributed by atoms with Crippen molar-refractivity contribution in [1.82, 2.24) is 0 Å². The molecular weight excluding hydrogens is 335 g/mol. The van der Waals surface area contributed by atoms with Crippen LogP contribution in [0.25, 0.3) is 0 Å². The number of aliphatic hydroxyl groups is 1. The number of ketones is 1. The van der Waals surface area contributed by atoms with Crippen molar-refractivity contribution in [3.05, 3.63) is 0 Å². The van der Waals surface area contributed by atoms with Crippen molar-refractivity contribution in [2.75, 3.05) is 24.2 Å². The quantitative estimate of drug-likeness (QED) is 0.488. The van der Waals surface area contributed by atoms with Gasteiger partial charge in [0.15, 0.2) is 0 Å². The largest absolute Gasteiger partial charge is 0.392 e. The van der Waals surface area contributed by atoms with Crippen molar-refractivity contribution in [2.24, 2.45) is 0 Å². The number of rotatable bonds is 9. The molecule has 0 spiro atoms. The highest BCUT2D eigenvalue weighted by atomic mass is 35.5. The van der Waals surface area contributed by atoms with Crippen LogP contribution in [0.5, 0.6) is 0 Å². The van der Waals surface area contributed by atoms with E-state index in [2.05, 4.69) is 13.8 Å². The maximum atomic E-state index is 10.4. The van der Waals surface area contributed by atoms with Gasteiger partial charge in [-0.2, -0.15) is 0 Å². The van der Waals surface area contributed by atoms with E-state index in [-0.39, 0.29) is 17.8 Å². The summed E-state index contributed by atoms with van der Waals surface area (Å²) in [5, 5.41) is 8.86. The number of aliphatic hydroxyl groups excluding tert-OH is 1. The molecule has 1 aliphatic rings. The van der Waals surface area contributed by atoms with Crippen LogP contribution in [0.4, 0.5) is 0 Å². The first-order valence-electron chi connectivity index (χ1n) is 7.54. The molecule has 0 amide bonds. The Balaban J connectivity index is 0. The van der Waals surface area contributed by atoms with Gasteiger partial charge in [-0.25, -0.2) is 0 Å². The summed E-state index contributed by atoms with van der Waals surface area (Å²) in [5.41, 5.74) is 0. The minimum Gasteiger partial charge on any atom is -0.392 e. The van der Waals surface area contributed by atoms with E-state index in [1.165, 1.54) is 0 Å². The zero-order valence-electron chi connectivity index (χ0n) is 13.1. The highest BCUT2D eigenvalue weighted by Gasteiger charge is 2.19. The molecule has 0 bridgehead atoms. The summed E-state index contributed by atoms with van der Waals surface area (Å²) < 4.78 is 4.73. The lowest BCUT2D eigenvalue weighted by atomic mass is 10.2. The average Bonchev–Trinajstić information content (AvgIpc) is 3.35. The van der Waals surface area contributed by atoms with Gasteiger partial charge in [-0.3, -0.25) is 4.79 Å². The van der Waals surface area contributed by atoms with Gasteiger partial charge >= 0.3 is 0 Å². The molecular formula is C15H29Cl3O3. The molecule has 1 saturated heterocycles. The fraction of sp³-hybridized carbons (Fsp3) is 0.933. The van der Waals surface area contributed by atoms with E-state index < -0.39 is 0 Å². The van der Waals surface area contributed by atoms with Gasteiger partial charge in [-0.1, -0.05) is 33.1 Å². The standard InChI is InChI=1S/C6H13ClO.C6H11ClO.C3H5ClO/c2*1-2-3-4-6(8)5-7;4-1-3-2-5-3/h6,8H,2-5H2,1H3;2-5H2,1H3;3H,1-2H2. The summed E-state index contributed by atoms with van der Waals surface area (Å²) in [7, 11) is 0. The molecule has 1 aliphatic heterocycles. The topological polar surface area (TPSA) is 49.8 Å². The minimum absolute atomic E-state index is 0.161. The molecule has 2 unspecified atom stereocenters. The number of epoxide rings is 1. The van der Waals surface area contributed by atoms with Gasteiger partial charge in [-0.05, 0) is 12.8 Å². The third-order valence-electron chi connectivity index (χ3n) is 2.60. The number of carbonyl (C=O) groups excluding carboxylic acids is 1. The predicted octanol–water partition coefficient (Wildman–Crippen LogP) is 4.38. The van der Waals surface area contributed by atoms with Gasteiger partial charge in [0.25, 0.3) is 0 Å². The van der Waals surface area contributed by atoms with Crippen LogP contribution in [0.15, 0.2) is 0 Å². The van der Waals surface area contributed by atoms with E-state index in [0.29, 0.717) is 24.3 Å². The van der Waals surface area contributed by atoms with Crippen molar-refractivity contribution in [3.63, 3.8) is 0 Å². The molecule has 0 aromatic carbocycles. The molecule has 128 valence electrons. The first-order chi connectivity index (χ1) is 10.0. The first kappa shape index (κ1) is 23.7. The number of hydrogen-bond donors (Lipinski definition) is 1. The van der Waals surface area contributed by atoms with Crippen LogP contribution in [0.2, 0.25) is 0 Å². The summed E-state index contributed by atoms with van der Waals surface area (Å²) >= 11 is 15.8. The van der Waals surface area contributed by atoms with E-state index in [0.717, 1.165) is 38.7 Å². The van der Waals surface area contributed by atoms with Crippen LogP contribution in [0.3, 0.4) is 0 Å². The predicted molar refractivity (Wildman–Crippen MR) is 92.0 cm³/mol. The van der Waals surface area contributed by atoms with Gasteiger partial charge < -0.3 is 9.84 Å². The molecule has 0 aromatic rings. The molecule has 0 saturated carbocycles. The zero-order chi connectivity index (χ0) is 16.5. The second kappa shape index (κ2) is 18.5. The molecule has 21 heavy (non-hydrogen) atoms. The number of hydrogen-bond acceptors (Lipinski definition) is 3. The Bertz CT molecular complexity index is 224. The van der Waals surface area contributed by atoms with Crippen LogP contribution in [-0.2, 0) is 9.53 Å². The second-order valence-electron chi connectivity index (χ2n) is 4.84. The van der Waals surface area contributed by atoms with E-state index in [9.17, 15) is 4.79 Å². The summed E-state index contributed by atoms with van der Waals surface area (Å²) in [4.78, 5) is 10.4. The lowest BCUT2D eigenvalue weighted by Crippen LogP contribution is -2.06. The Hall–Kier alpha value is 0.460. The fourth-order valence-electron chi connectivity index (χ4n) is 1.11. The lowest BCUT2D eigenvalue weighted by Gasteiger charge is -2.02. The highest BCUT2D eigenvalue weighted by Crippen LogP contribution is 2.08. The zero-order valence-corrected chi connectivity index (χ0v) is 15.4. The van der Waals surface area contributed by atoms with E-state index in [1.807, 2.05) is 0 Å². The number of carbonyl (C=O) groups is 1. The maximum absolute atomic E-state index is 10.4. The molecule has 0 radical (unpaired) electrons. The molecule has 3 nitrogen and oxygen atoms in total. The number of alkyl halides is 3. The summed E-state index contributed by atoms with van der Waals surface area (Å²) in [6.45, 7) is 5.03. The number of Topliss-reactive ketones (excluding diaryl/α,β-unsaturated/α-hetero) is 1. The van der Waals surface area contributed by atoms with Crippen molar-refractivity contribution in [3.8, 4) is 0 Å². The molecule has 1 N–H and O–H groups in total. The number of halogens is 3. The Morgan fingerprint density at radius 1 is 1.24 bits per heavy atom. The van der Waals surface area contributed by atoms with Crippen molar-refractivity contribution in [1.29, 1.82) is 0 Å². The van der Waals surface area contributed by atoms with Gasteiger partial charge in [-0.15, -0.1) is 34.8 Å². The van der Waals surface area contributed by atoms with Crippen molar-refractivity contribution < 1.29 is 14.6 Å². The Labute approximate surface area is 144 Å². The number of ether oxygens (including phenoxy) is 1. The van der Waals surface area contributed by atoms with E-state index in [1.54, 1.807) is 0 Å². The SMILES string of the molecule is CCCCC(=O)CCl.CCCCC(O)CCl.ClCC1CO1. The van der Waals surface area contributed by atoms with Crippen molar-refractivity contribution in [2.45, 2.75) is 64.6 Å². The first-order valence-corrected chi connectivity index (χ1v) is 9.15. The molecule has 2 atom stereocenters. The molecule has 1 heterocycles. The van der Waals surface area contributed by atoms with Gasteiger partial charge in [0.2, 0.25) is 0 Å². The third kappa shape index (κ3) is 22.9. The highest BCUT2D eigenvalue weighted by molar-refractivity contribution is 6.27. The van der Waals surface area contributed by atoms with Gasteiger partial charge in [0.1, 0.15) is 5.78 Å². The molecule has 1 rings (SSSR count). The Kier molecular flexibility index (Phi) is 20.9. The van der Waals surface area contributed by atoms with Crippen LogP contribution in [-0.4, -0.2) is 47.3 Å². The van der Waals surface area contributed by atoms with Gasteiger partial charge in [0.05, 0.1) is 30.6 Å². The molecule has 0 aliphatic carbocycles. The molecule has 6 heteroatoms. The van der Waals surface area contributed by atoms with Crippen LogP contribution < -0.4 is 0 Å².